The maximum absolute atomic E-state index is 11.1. The highest BCUT2D eigenvalue weighted by Gasteiger charge is 2.08. The number of benzene rings is 1. The van der Waals surface area contributed by atoms with Crippen molar-refractivity contribution < 1.29 is 14.3 Å². The molecular weight excluding hydrogens is 244 g/mol. The summed E-state index contributed by atoms with van der Waals surface area (Å²) in [6.45, 7) is 1.95. The zero-order valence-electron chi connectivity index (χ0n) is 9.57. The van der Waals surface area contributed by atoms with Crippen molar-refractivity contribution in [1.29, 1.82) is 0 Å². The number of hydrogen-bond donors (Lipinski definition) is 1. The summed E-state index contributed by atoms with van der Waals surface area (Å²) in [6, 6.07) is 7.02. The van der Waals surface area contributed by atoms with Crippen molar-refractivity contribution in [3.63, 3.8) is 0 Å². The fourth-order valence-corrected chi connectivity index (χ4v) is 1.11. The number of esters is 1. The van der Waals surface area contributed by atoms with E-state index in [-0.39, 0.29) is 11.8 Å². The Balaban J connectivity index is 2.59. The molecule has 0 aliphatic carbocycles. The molecule has 0 fully saturated rings. The van der Waals surface area contributed by atoms with Gasteiger partial charge < -0.3 is 9.47 Å². The van der Waals surface area contributed by atoms with Crippen LogP contribution < -0.4 is 10.2 Å². The van der Waals surface area contributed by atoms with Crippen molar-refractivity contribution >= 4 is 28.4 Å². The molecule has 0 aromatic heterocycles. The summed E-state index contributed by atoms with van der Waals surface area (Å²) >= 11 is 5.61. The normalized spacial score (nSPS) is 10.9. The third kappa shape index (κ3) is 4.32. The molecule has 0 aliphatic heterocycles. The molecule has 1 rings (SSSR count). The molecule has 17 heavy (non-hydrogen) atoms. The molecule has 1 aromatic rings. The second kappa shape index (κ2) is 6.75. The Morgan fingerprint density at radius 2 is 2.06 bits per heavy atom. The van der Waals surface area contributed by atoms with Crippen LogP contribution in [0.3, 0.4) is 0 Å². The second-order valence-corrected chi connectivity index (χ2v) is 3.32. The number of hydrogen-bond acceptors (Lipinski definition) is 5. The summed E-state index contributed by atoms with van der Waals surface area (Å²) in [5, 5.41) is 3.44. The monoisotopic (exact) mass is 256 g/mol. The third-order valence-corrected chi connectivity index (χ3v) is 2.06. The predicted molar refractivity (Wildman–Crippen MR) is 66.5 cm³/mol. The summed E-state index contributed by atoms with van der Waals surface area (Å²) in [6.07, 6.45) is 0. The van der Waals surface area contributed by atoms with E-state index in [4.69, 9.17) is 16.3 Å². The maximum atomic E-state index is 11.1. The van der Waals surface area contributed by atoms with Crippen molar-refractivity contribution in [1.82, 2.24) is 0 Å². The largest absolute Gasteiger partial charge is 0.497 e. The molecule has 0 amide bonds. The Morgan fingerprint density at radius 1 is 1.41 bits per heavy atom. The molecule has 0 radical (unpaired) electrons. The predicted octanol–water partition coefficient (Wildman–Crippen LogP) is 2.22. The first kappa shape index (κ1) is 13.3. The summed E-state index contributed by atoms with van der Waals surface area (Å²) in [4.78, 5) is 11.1. The number of nitrogens with one attached hydrogen (secondary N) is 1. The fourth-order valence-electron chi connectivity index (χ4n) is 1.02. The molecule has 0 unspecified atom stereocenters. The molecular formula is C11H13ClN2O3. The highest BCUT2D eigenvalue weighted by atomic mass is 35.5. The molecule has 0 spiro atoms. The molecule has 92 valence electrons. The number of anilines is 1. The van der Waals surface area contributed by atoms with Gasteiger partial charge >= 0.3 is 5.97 Å². The smallest absolute Gasteiger partial charge is 0.370 e. The van der Waals surface area contributed by atoms with Crippen LogP contribution in [0.4, 0.5) is 5.69 Å². The van der Waals surface area contributed by atoms with Gasteiger partial charge in [0.25, 0.3) is 0 Å². The molecule has 5 nitrogen and oxygen atoms in total. The lowest BCUT2D eigenvalue weighted by Crippen LogP contribution is -2.13. The van der Waals surface area contributed by atoms with Crippen LogP contribution in [0.25, 0.3) is 0 Å². The number of halogens is 1. The number of rotatable bonds is 5. The van der Waals surface area contributed by atoms with E-state index in [1.165, 1.54) is 0 Å². The minimum atomic E-state index is -0.657. The van der Waals surface area contributed by atoms with E-state index >= 15 is 0 Å². The van der Waals surface area contributed by atoms with Gasteiger partial charge in [-0.05, 0) is 31.2 Å². The van der Waals surface area contributed by atoms with Crippen LogP contribution in [0.2, 0.25) is 0 Å². The van der Waals surface area contributed by atoms with E-state index in [1.54, 1.807) is 38.3 Å². The van der Waals surface area contributed by atoms with Gasteiger partial charge in [-0.15, -0.1) is 0 Å². The van der Waals surface area contributed by atoms with Gasteiger partial charge in [-0.25, -0.2) is 4.79 Å². The average molecular weight is 257 g/mol. The third-order valence-electron chi connectivity index (χ3n) is 1.82. The van der Waals surface area contributed by atoms with Gasteiger partial charge in [0.15, 0.2) is 0 Å². The second-order valence-electron chi connectivity index (χ2n) is 2.96. The highest BCUT2D eigenvalue weighted by molar-refractivity contribution is 6.82. The zero-order valence-corrected chi connectivity index (χ0v) is 10.3. The molecule has 1 N–H and O–H groups in total. The SMILES string of the molecule is CCOC(=O)/C(Cl)=N\Nc1ccc(OC)cc1. The highest BCUT2D eigenvalue weighted by Crippen LogP contribution is 2.14. The topological polar surface area (TPSA) is 59.9 Å². The summed E-state index contributed by atoms with van der Waals surface area (Å²) < 4.78 is 9.67. The van der Waals surface area contributed by atoms with E-state index in [1.807, 2.05) is 0 Å². The number of methoxy groups -OCH3 is 1. The maximum Gasteiger partial charge on any atom is 0.370 e. The lowest BCUT2D eigenvalue weighted by molar-refractivity contribution is -0.134. The molecule has 0 saturated carbocycles. The quantitative estimate of drug-likeness (QED) is 0.499. The van der Waals surface area contributed by atoms with Crippen LogP contribution in [-0.4, -0.2) is 24.9 Å². The van der Waals surface area contributed by atoms with Crippen molar-refractivity contribution in [2.75, 3.05) is 19.1 Å². The van der Waals surface area contributed by atoms with E-state index in [9.17, 15) is 4.79 Å². The number of carbonyl (C=O) groups is 1. The van der Waals surface area contributed by atoms with Crippen LogP contribution in [-0.2, 0) is 9.53 Å². The number of carbonyl (C=O) groups excluding carboxylic acids is 1. The Kier molecular flexibility index (Phi) is 5.29. The number of hydrazone groups is 1. The summed E-state index contributed by atoms with van der Waals surface area (Å²) in [7, 11) is 1.58. The number of nitrogens with zero attached hydrogens (tertiary/aromatic N) is 1. The van der Waals surface area contributed by atoms with Crippen LogP contribution in [0.1, 0.15) is 6.92 Å². The first-order valence-electron chi connectivity index (χ1n) is 4.97. The molecule has 6 heteroatoms. The molecule has 0 bridgehead atoms. The lowest BCUT2D eigenvalue weighted by Gasteiger charge is -2.03. The van der Waals surface area contributed by atoms with Crippen LogP contribution in [0.5, 0.6) is 5.75 Å². The summed E-state index contributed by atoms with van der Waals surface area (Å²) in [5.41, 5.74) is 3.32. The lowest BCUT2D eigenvalue weighted by atomic mass is 10.3. The Labute approximate surface area is 104 Å². The minimum Gasteiger partial charge on any atom is -0.497 e. The van der Waals surface area contributed by atoms with Gasteiger partial charge in [0, 0.05) is 0 Å². The van der Waals surface area contributed by atoms with Crippen molar-refractivity contribution in [2.45, 2.75) is 6.92 Å². The molecule has 0 heterocycles. The Hall–Kier alpha value is -1.75. The van der Waals surface area contributed by atoms with E-state index < -0.39 is 5.97 Å². The van der Waals surface area contributed by atoms with E-state index in [0.29, 0.717) is 5.69 Å². The van der Waals surface area contributed by atoms with Gasteiger partial charge in [0.1, 0.15) is 5.75 Å². The standard InChI is InChI=1S/C11H13ClN2O3/c1-3-17-11(15)10(12)14-13-8-4-6-9(16-2)7-5-8/h4-7,13H,3H2,1-2H3/b14-10+. The van der Waals surface area contributed by atoms with Gasteiger partial charge in [-0.2, -0.15) is 5.10 Å². The summed E-state index contributed by atoms with van der Waals surface area (Å²) in [5.74, 6) is 0.0752. The fraction of sp³-hybridized carbons (Fsp3) is 0.273. The van der Waals surface area contributed by atoms with Gasteiger partial charge in [-0.1, -0.05) is 11.6 Å². The van der Waals surface area contributed by atoms with Gasteiger partial charge in [-0.3, -0.25) is 5.43 Å². The Morgan fingerprint density at radius 3 is 2.59 bits per heavy atom. The van der Waals surface area contributed by atoms with Crippen molar-refractivity contribution in [3.8, 4) is 5.75 Å². The minimum absolute atomic E-state index is 0.248. The average Bonchev–Trinajstić information content (AvgIpc) is 2.36. The molecule has 1 aromatic carbocycles. The number of ether oxygens (including phenoxy) is 2. The van der Waals surface area contributed by atoms with Crippen LogP contribution in [0, 0.1) is 0 Å². The van der Waals surface area contributed by atoms with Crippen LogP contribution >= 0.6 is 11.6 Å². The molecule has 0 saturated heterocycles. The first-order valence-corrected chi connectivity index (χ1v) is 5.35. The Bertz CT molecular complexity index is 404. The molecule has 0 atom stereocenters. The van der Waals surface area contributed by atoms with Crippen LogP contribution in [0.15, 0.2) is 29.4 Å². The van der Waals surface area contributed by atoms with E-state index in [2.05, 4.69) is 15.3 Å². The van der Waals surface area contributed by atoms with Crippen molar-refractivity contribution in [3.05, 3.63) is 24.3 Å². The molecule has 0 aliphatic rings. The van der Waals surface area contributed by atoms with E-state index in [0.717, 1.165) is 5.75 Å². The first-order chi connectivity index (χ1) is 8.17. The van der Waals surface area contributed by atoms with Gasteiger partial charge in [0.05, 0.1) is 19.4 Å². The van der Waals surface area contributed by atoms with Gasteiger partial charge in [0.2, 0.25) is 5.17 Å². The zero-order chi connectivity index (χ0) is 12.7. The van der Waals surface area contributed by atoms with Crippen molar-refractivity contribution in [2.24, 2.45) is 5.10 Å².